The molecule has 0 bridgehead atoms. The molecule has 6 heteroatoms. The van der Waals surface area contributed by atoms with Crippen LogP contribution in [0, 0.1) is 6.92 Å². The van der Waals surface area contributed by atoms with Crippen LogP contribution in [0.5, 0.6) is 5.88 Å². The molecule has 2 aromatic heterocycles. The van der Waals surface area contributed by atoms with Gasteiger partial charge in [0.05, 0.1) is 24.9 Å². The fourth-order valence-corrected chi connectivity index (χ4v) is 2.82. The van der Waals surface area contributed by atoms with Crippen LogP contribution < -0.4 is 10.1 Å². The van der Waals surface area contributed by atoms with Crippen molar-refractivity contribution in [2.45, 2.75) is 26.6 Å². The number of nitrogens with one attached hydrogen (secondary N) is 1. The van der Waals surface area contributed by atoms with E-state index in [0.717, 1.165) is 36.8 Å². The highest BCUT2D eigenvalue weighted by atomic mass is 16.5. The van der Waals surface area contributed by atoms with Crippen LogP contribution in [0.4, 0.5) is 0 Å². The van der Waals surface area contributed by atoms with E-state index in [9.17, 15) is 0 Å². The van der Waals surface area contributed by atoms with Gasteiger partial charge >= 0.3 is 0 Å². The topological polar surface area (TPSA) is 56.9 Å². The highest BCUT2D eigenvalue weighted by molar-refractivity contribution is 5.31. The minimum absolute atomic E-state index is 0.734. The zero-order chi connectivity index (χ0) is 16.9. The van der Waals surface area contributed by atoms with E-state index in [2.05, 4.69) is 39.8 Å². The summed E-state index contributed by atoms with van der Waals surface area (Å²) < 4.78 is 9.11. The molecule has 126 valence electrons. The summed E-state index contributed by atoms with van der Waals surface area (Å²) in [5.74, 6) is 0.814. The molecule has 3 aromatic rings. The third-order valence-electron chi connectivity index (χ3n) is 4.04. The molecule has 0 spiro atoms. The molecule has 24 heavy (non-hydrogen) atoms. The van der Waals surface area contributed by atoms with E-state index >= 15 is 0 Å². The summed E-state index contributed by atoms with van der Waals surface area (Å²) in [6.07, 6.45) is 3.77. The molecule has 3 rings (SSSR count). The highest BCUT2D eigenvalue weighted by Crippen LogP contribution is 2.20. The third-order valence-corrected chi connectivity index (χ3v) is 4.04. The molecule has 1 N–H and O–H groups in total. The van der Waals surface area contributed by atoms with Gasteiger partial charge < -0.3 is 10.1 Å². The Balaban J connectivity index is 1.55. The number of hydrogen-bond donors (Lipinski definition) is 1. The quantitative estimate of drug-likeness (QED) is 0.724. The molecule has 0 atom stereocenters. The van der Waals surface area contributed by atoms with Crippen molar-refractivity contribution in [2.75, 3.05) is 7.11 Å². The molecule has 0 aliphatic heterocycles. The van der Waals surface area contributed by atoms with Crippen LogP contribution in [0.2, 0.25) is 0 Å². The third kappa shape index (κ3) is 3.65. The summed E-state index contributed by atoms with van der Waals surface area (Å²) in [6, 6.07) is 10.5. The predicted octanol–water partition coefficient (Wildman–Crippen LogP) is 2.27. The predicted molar refractivity (Wildman–Crippen MR) is 92.8 cm³/mol. The van der Waals surface area contributed by atoms with E-state index in [1.807, 2.05) is 30.9 Å². The molecule has 2 heterocycles. The molecule has 0 saturated heterocycles. The molecular weight excluding hydrogens is 302 g/mol. The van der Waals surface area contributed by atoms with Crippen molar-refractivity contribution in [1.29, 1.82) is 0 Å². The molecular formula is C18H23N5O. The number of aryl methyl sites for hydroxylation is 2. The number of hydrogen-bond acceptors (Lipinski definition) is 4. The van der Waals surface area contributed by atoms with Crippen molar-refractivity contribution in [1.82, 2.24) is 24.9 Å². The van der Waals surface area contributed by atoms with E-state index in [0.29, 0.717) is 0 Å². The number of rotatable bonds is 7. The van der Waals surface area contributed by atoms with Gasteiger partial charge in [-0.1, -0.05) is 24.3 Å². The zero-order valence-electron chi connectivity index (χ0n) is 14.4. The fourth-order valence-electron chi connectivity index (χ4n) is 2.82. The second-order valence-electron chi connectivity index (χ2n) is 5.82. The van der Waals surface area contributed by atoms with Crippen LogP contribution >= 0.6 is 0 Å². The van der Waals surface area contributed by atoms with Gasteiger partial charge in [-0.15, -0.1) is 0 Å². The van der Waals surface area contributed by atoms with Gasteiger partial charge in [0.15, 0.2) is 0 Å². The lowest BCUT2D eigenvalue weighted by molar-refractivity contribution is 0.368. The monoisotopic (exact) mass is 325 g/mol. The minimum Gasteiger partial charge on any atom is -0.481 e. The first-order valence-electron chi connectivity index (χ1n) is 8.00. The lowest BCUT2D eigenvalue weighted by Gasteiger charge is -2.08. The van der Waals surface area contributed by atoms with E-state index in [-0.39, 0.29) is 0 Å². The number of methoxy groups -OCH3 is 1. The first-order chi connectivity index (χ1) is 11.7. The van der Waals surface area contributed by atoms with Gasteiger partial charge in [-0.2, -0.15) is 10.2 Å². The van der Waals surface area contributed by atoms with Crippen molar-refractivity contribution in [3.05, 3.63) is 65.1 Å². The van der Waals surface area contributed by atoms with Crippen LogP contribution in [-0.2, 0) is 26.7 Å². The van der Waals surface area contributed by atoms with Crippen molar-refractivity contribution in [3.8, 4) is 5.88 Å². The summed E-state index contributed by atoms with van der Waals surface area (Å²) in [5, 5.41) is 12.1. The molecule has 0 saturated carbocycles. The first kappa shape index (κ1) is 16.3. The lowest BCUT2D eigenvalue weighted by atomic mass is 10.1. The molecule has 1 aromatic carbocycles. The summed E-state index contributed by atoms with van der Waals surface area (Å²) in [5.41, 5.74) is 4.60. The van der Waals surface area contributed by atoms with Gasteiger partial charge in [-0.3, -0.25) is 4.68 Å². The maximum atomic E-state index is 5.42. The van der Waals surface area contributed by atoms with Gasteiger partial charge in [0, 0.05) is 32.5 Å². The number of aromatic nitrogens is 4. The Labute approximate surface area is 142 Å². The van der Waals surface area contributed by atoms with Gasteiger partial charge in [-0.05, 0) is 24.1 Å². The zero-order valence-corrected chi connectivity index (χ0v) is 14.4. The summed E-state index contributed by atoms with van der Waals surface area (Å²) >= 11 is 0. The Morgan fingerprint density at radius 1 is 1.12 bits per heavy atom. The van der Waals surface area contributed by atoms with Gasteiger partial charge in [-0.25, -0.2) is 4.68 Å². The average molecular weight is 325 g/mol. The number of nitrogens with zero attached hydrogens (tertiary/aromatic N) is 4. The van der Waals surface area contributed by atoms with Gasteiger partial charge in [0.2, 0.25) is 5.88 Å². The highest BCUT2D eigenvalue weighted by Gasteiger charge is 2.12. The van der Waals surface area contributed by atoms with E-state index in [1.165, 1.54) is 11.1 Å². The average Bonchev–Trinajstić information content (AvgIpc) is 3.17. The van der Waals surface area contributed by atoms with Crippen LogP contribution in [0.3, 0.4) is 0 Å². The van der Waals surface area contributed by atoms with Crippen molar-refractivity contribution in [3.63, 3.8) is 0 Å². The summed E-state index contributed by atoms with van der Waals surface area (Å²) in [7, 11) is 3.58. The first-order valence-corrected chi connectivity index (χ1v) is 8.00. The maximum Gasteiger partial charge on any atom is 0.216 e. The SMILES string of the molecule is COc1c(CNCc2ccc(Cn3cccn3)cc2)c(C)nn1C. The molecule has 0 unspecified atom stereocenters. The van der Waals surface area contributed by atoms with E-state index < -0.39 is 0 Å². The van der Waals surface area contributed by atoms with Crippen LogP contribution in [0.15, 0.2) is 42.7 Å². The van der Waals surface area contributed by atoms with Crippen molar-refractivity contribution < 1.29 is 4.74 Å². The minimum atomic E-state index is 0.734. The largest absolute Gasteiger partial charge is 0.481 e. The summed E-state index contributed by atoms with van der Waals surface area (Å²) in [6.45, 7) is 4.34. The molecule has 0 amide bonds. The maximum absolute atomic E-state index is 5.42. The number of ether oxygens (including phenoxy) is 1. The fraction of sp³-hybridized carbons (Fsp3) is 0.333. The Morgan fingerprint density at radius 2 is 1.88 bits per heavy atom. The Morgan fingerprint density at radius 3 is 2.54 bits per heavy atom. The second kappa shape index (κ2) is 7.31. The van der Waals surface area contributed by atoms with Crippen molar-refractivity contribution in [2.24, 2.45) is 7.05 Å². The van der Waals surface area contributed by atoms with Crippen LogP contribution in [0.25, 0.3) is 0 Å². The smallest absolute Gasteiger partial charge is 0.216 e. The summed E-state index contributed by atoms with van der Waals surface area (Å²) in [4.78, 5) is 0. The molecule has 0 fully saturated rings. The van der Waals surface area contributed by atoms with Crippen LogP contribution in [0.1, 0.15) is 22.4 Å². The Bertz CT molecular complexity index is 775. The normalized spacial score (nSPS) is 11.0. The van der Waals surface area contributed by atoms with E-state index in [4.69, 9.17) is 4.74 Å². The molecule has 0 aliphatic carbocycles. The Hall–Kier alpha value is -2.60. The molecule has 6 nitrogen and oxygen atoms in total. The standard InChI is InChI=1S/C18H23N5O/c1-14-17(18(24-3)22(2)21-14)12-19-11-15-5-7-16(8-6-15)13-23-10-4-9-20-23/h4-10,19H,11-13H2,1-3H3. The van der Waals surface area contributed by atoms with Crippen LogP contribution in [-0.4, -0.2) is 26.7 Å². The number of benzene rings is 1. The molecule has 0 aliphatic rings. The Kier molecular flexibility index (Phi) is 4.96. The van der Waals surface area contributed by atoms with E-state index in [1.54, 1.807) is 18.0 Å². The van der Waals surface area contributed by atoms with Gasteiger partial charge in [0.25, 0.3) is 0 Å². The van der Waals surface area contributed by atoms with Crippen molar-refractivity contribution >= 4 is 0 Å². The molecule has 0 radical (unpaired) electrons. The van der Waals surface area contributed by atoms with Gasteiger partial charge in [0.1, 0.15) is 0 Å². The lowest BCUT2D eigenvalue weighted by Crippen LogP contribution is -2.14. The second-order valence-corrected chi connectivity index (χ2v) is 5.82.